The van der Waals surface area contributed by atoms with E-state index < -0.39 is 15.9 Å². The minimum Gasteiger partial charge on any atom is -0.490 e. The van der Waals surface area contributed by atoms with E-state index in [1.165, 1.54) is 6.21 Å². The summed E-state index contributed by atoms with van der Waals surface area (Å²) in [4.78, 5) is 12.8. The van der Waals surface area contributed by atoms with Gasteiger partial charge in [-0.3, -0.25) is 4.79 Å². The zero-order valence-electron chi connectivity index (χ0n) is 19.8. The summed E-state index contributed by atoms with van der Waals surface area (Å²) in [6.07, 6.45) is 3.12. The molecule has 3 aromatic carbocycles. The molecule has 7 nitrogen and oxygen atoms in total. The quantitative estimate of drug-likeness (QED) is 0.247. The molecule has 8 heteroatoms. The number of rotatable bonds is 11. The van der Waals surface area contributed by atoms with E-state index >= 15 is 0 Å². The number of nitrogens with one attached hydrogen (secondary N) is 1. The minimum absolute atomic E-state index is 0.0533. The van der Waals surface area contributed by atoms with Gasteiger partial charge in [-0.25, -0.2) is 13.8 Å². The Hall–Kier alpha value is -3.75. The number of hydrazone groups is 1. The van der Waals surface area contributed by atoms with E-state index in [4.69, 9.17) is 4.74 Å². The first-order valence-corrected chi connectivity index (χ1v) is 12.5. The third kappa shape index (κ3) is 7.63. The number of amides is 1. The monoisotopic (exact) mass is 491 g/mol. The van der Waals surface area contributed by atoms with Crippen molar-refractivity contribution in [3.8, 4) is 5.75 Å². The van der Waals surface area contributed by atoms with Gasteiger partial charge in [0.15, 0.2) is 0 Å². The highest BCUT2D eigenvalue weighted by molar-refractivity contribution is 7.89. The largest absolute Gasteiger partial charge is 0.490 e. The lowest BCUT2D eigenvalue weighted by Crippen LogP contribution is -2.39. The van der Waals surface area contributed by atoms with E-state index in [-0.39, 0.29) is 18.0 Å². The average Bonchev–Trinajstić information content (AvgIpc) is 2.83. The molecule has 1 N–H and O–H groups in total. The van der Waals surface area contributed by atoms with Crippen molar-refractivity contribution in [2.75, 3.05) is 13.2 Å². The van der Waals surface area contributed by atoms with Crippen molar-refractivity contribution in [1.29, 1.82) is 0 Å². The molecule has 0 saturated heterocycles. The van der Waals surface area contributed by atoms with Crippen LogP contribution in [-0.2, 0) is 21.4 Å². The first-order valence-electron chi connectivity index (χ1n) is 11.1. The predicted octanol–water partition coefficient (Wildman–Crippen LogP) is 4.21. The predicted molar refractivity (Wildman–Crippen MR) is 138 cm³/mol. The number of carbonyl (C=O) groups is 1. The van der Waals surface area contributed by atoms with Crippen LogP contribution in [0.3, 0.4) is 0 Å². The second-order valence-electron chi connectivity index (χ2n) is 8.04. The summed E-state index contributed by atoms with van der Waals surface area (Å²) in [6, 6.07) is 21.3. The molecule has 182 valence electrons. The number of hydrogen-bond acceptors (Lipinski definition) is 5. The van der Waals surface area contributed by atoms with E-state index in [1.807, 2.05) is 44.2 Å². The Morgan fingerprint density at radius 1 is 1.03 bits per heavy atom. The van der Waals surface area contributed by atoms with Crippen LogP contribution in [0.1, 0.15) is 22.3 Å². The van der Waals surface area contributed by atoms with Crippen molar-refractivity contribution in [3.05, 3.63) is 108 Å². The molecule has 0 aliphatic carbocycles. The van der Waals surface area contributed by atoms with Crippen LogP contribution in [0.4, 0.5) is 0 Å². The van der Waals surface area contributed by atoms with Gasteiger partial charge in [0, 0.05) is 6.54 Å². The lowest BCUT2D eigenvalue weighted by atomic mass is 10.1. The van der Waals surface area contributed by atoms with Gasteiger partial charge in [-0.1, -0.05) is 72.3 Å². The second-order valence-corrected chi connectivity index (χ2v) is 9.98. The first kappa shape index (κ1) is 25.9. The average molecular weight is 492 g/mol. The van der Waals surface area contributed by atoms with Crippen LogP contribution in [0, 0.1) is 13.8 Å². The zero-order valence-corrected chi connectivity index (χ0v) is 20.7. The highest BCUT2D eigenvalue weighted by Crippen LogP contribution is 2.19. The molecule has 0 fully saturated rings. The SMILES string of the molecule is C=CCOc1cccc(/C=N\NC(=O)CN(Cc2cccc(C)c2)S(=O)(=O)c2ccc(C)cc2)c1. The minimum atomic E-state index is -3.92. The first-order chi connectivity index (χ1) is 16.8. The maximum atomic E-state index is 13.4. The van der Waals surface area contributed by atoms with Crippen molar-refractivity contribution in [2.24, 2.45) is 5.10 Å². The Balaban J connectivity index is 1.75. The van der Waals surface area contributed by atoms with Crippen molar-refractivity contribution in [1.82, 2.24) is 9.73 Å². The van der Waals surface area contributed by atoms with Crippen LogP contribution >= 0.6 is 0 Å². The van der Waals surface area contributed by atoms with Crippen LogP contribution in [0.15, 0.2) is 95.4 Å². The van der Waals surface area contributed by atoms with Crippen molar-refractivity contribution < 1.29 is 17.9 Å². The normalized spacial score (nSPS) is 11.5. The Morgan fingerprint density at radius 2 is 1.77 bits per heavy atom. The Bertz CT molecular complexity index is 1300. The van der Waals surface area contributed by atoms with Gasteiger partial charge in [0.25, 0.3) is 5.91 Å². The molecule has 0 aliphatic rings. The van der Waals surface area contributed by atoms with Crippen LogP contribution < -0.4 is 10.2 Å². The Kier molecular flexibility index (Phi) is 8.94. The van der Waals surface area contributed by atoms with E-state index in [1.54, 1.807) is 48.5 Å². The topological polar surface area (TPSA) is 88.1 Å². The fraction of sp³-hybridized carbons (Fsp3) is 0.185. The standard InChI is InChI=1S/C27H29N3O4S/c1-4-15-34-25-10-6-8-23(17-25)18-28-29-27(31)20-30(19-24-9-5-7-22(3)16-24)35(32,33)26-13-11-21(2)12-14-26/h4-14,16-18H,1,15,19-20H2,2-3H3,(H,29,31)/b28-18-. The highest BCUT2D eigenvalue weighted by Gasteiger charge is 2.27. The molecule has 1 amide bonds. The Morgan fingerprint density at radius 3 is 2.49 bits per heavy atom. The maximum absolute atomic E-state index is 13.4. The molecule has 0 aromatic heterocycles. The molecule has 0 aliphatic heterocycles. The number of benzene rings is 3. The third-order valence-electron chi connectivity index (χ3n) is 5.05. The lowest BCUT2D eigenvalue weighted by molar-refractivity contribution is -0.121. The van der Waals surface area contributed by atoms with E-state index in [0.29, 0.717) is 12.4 Å². The molecule has 0 atom stereocenters. The smallest absolute Gasteiger partial charge is 0.255 e. The van der Waals surface area contributed by atoms with Crippen LogP contribution in [0.5, 0.6) is 5.75 Å². The summed E-state index contributed by atoms with van der Waals surface area (Å²) in [5.74, 6) is 0.0948. The van der Waals surface area contributed by atoms with E-state index in [2.05, 4.69) is 17.1 Å². The van der Waals surface area contributed by atoms with Gasteiger partial charge >= 0.3 is 0 Å². The molecule has 3 rings (SSSR count). The number of ether oxygens (including phenoxy) is 1. The molecule has 3 aromatic rings. The van der Waals surface area contributed by atoms with Crippen LogP contribution in [-0.4, -0.2) is 38.0 Å². The molecule has 0 unspecified atom stereocenters. The fourth-order valence-electron chi connectivity index (χ4n) is 3.31. The highest BCUT2D eigenvalue weighted by atomic mass is 32.2. The molecular weight excluding hydrogens is 462 g/mol. The molecule has 0 saturated carbocycles. The third-order valence-corrected chi connectivity index (χ3v) is 6.85. The number of sulfonamides is 1. The molecule has 0 radical (unpaired) electrons. The van der Waals surface area contributed by atoms with Gasteiger partial charge in [-0.05, 0) is 49.2 Å². The van der Waals surface area contributed by atoms with Crippen LogP contribution in [0.25, 0.3) is 0 Å². The van der Waals surface area contributed by atoms with Gasteiger partial charge in [-0.2, -0.15) is 9.41 Å². The summed E-state index contributed by atoms with van der Waals surface area (Å²) < 4.78 is 33.4. The van der Waals surface area contributed by atoms with Crippen molar-refractivity contribution >= 4 is 22.1 Å². The van der Waals surface area contributed by atoms with Gasteiger partial charge in [0.1, 0.15) is 12.4 Å². The Labute approximate surface area is 206 Å². The molecule has 35 heavy (non-hydrogen) atoms. The maximum Gasteiger partial charge on any atom is 0.255 e. The fourth-order valence-corrected chi connectivity index (χ4v) is 4.70. The summed E-state index contributed by atoms with van der Waals surface area (Å²) in [5.41, 5.74) is 5.87. The van der Waals surface area contributed by atoms with Crippen molar-refractivity contribution in [3.63, 3.8) is 0 Å². The zero-order chi connectivity index (χ0) is 25.3. The van der Waals surface area contributed by atoms with Gasteiger partial charge < -0.3 is 4.74 Å². The molecule has 0 spiro atoms. The summed E-state index contributed by atoms with van der Waals surface area (Å²) in [7, 11) is -3.92. The second kappa shape index (κ2) is 12.1. The van der Waals surface area contributed by atoms with Crippen LogP contribution in [0.2, 0.25) is 0 Å². The molecule has 0 heterocycles. The number of aryl methyl sites for hydroxylation is 2. The molecular formula is C27H29N3O4S. The number of carbonyl (C=O) groups excluding carboxylic acids is 1. The van der Waals surface area contributed by atoms with E-state index in [9.17, 15) is 13.2 Å². The molecule has 0 bridgehead atoms. The van der Waals surface area contributed by atoms with Gasteiger partial charge in [0.05, 0.1) is 17.7 Å². The number of hydrogen-bond donors (Lipinski definition) is 1. The lowest BCUT2D eigenvalue weighted by Gasteiger charge is -2.22. The summed E-state index contributed by atoms with van der Waals surface area (Å²) in [5, 5.41) is 3.98. The number of nitrogens with zero attached hydrogens (tertiary/aromatic N) is 2. The van der Waals surface area contributed by atoms with Crippen molar-refractivity contribution in [2.45, 2.75) is 25.3 Å². The summed E-state index contributed by atoms with van der Waals surface area (Å²) in [6.45, 7) is 7.48. The van der Waals surface area contributed by atoms with Gasteiger partial charge in [-0.15, -0.1) is 0 Å². The van der Waals surface area contributed by atoms with Gasteiger partial charge in [0.2, 0.25) is 10.0 Å². The van der Waals surface area contributed by atoms with E-state index in [0.717, 1.165) is 26.6 Å². The summed E-state index contributed by atoms with van der Waals surface area (Å²) >= 11 is 0.